The zero-order valence-electron chi connectivity index (χ0n) is 14.2. The van der Waals surface area contributed by atoms with Crippen molar-refractivity contribution in [1.82, 2.24) is 5.32 Å². The molecule has 0 unspecified atom stereocenters. The number of carbonyl (C=O) groups is 1. The Morgan fingerprint density at radius 1 is 1.12 bits per heavy atom. The van der Waals surface area contributed by atoms with Crippen LogP contribution in [0, 0.1) is 24.0 Å². The number of nitrogens with zero attached hydrogens (tertiary/aromatic N) is 1. The van der Waals surface area contributed by atoms with E-state index in [-0.39, 0.29) is 24.0 Å². The number of amides is 1. The summed E-state index contributed by atoms with van der Waals surface area (Å²) in [6.45, 7) is 4.09. The highest BCUT2D eigenvalue weighted by Crippen LogP contribution is 2.27. The first-order valence-corrected chi connectivity index (χ1v) is 7.79. The van der Waals surface area contributed by atoms with Gasteiger partial charge in [-0.25, -0.2) is 0 Å². The van der Waals surface area contributed by atoms with Gasteiger partial charge in [0, 0.05) is 6.07 Å². The van der Waals surface area contributed by atoms with Crippen LogP contribution in [0.4, 0.5) is 5.69 Å². The molecule has 0 radical (unpaired) electrons. The van der Waals surface area contributed by atoms with E-state index in [0.29, 0.717) is 13.2 Å². The van der Waals surface area contributed by atoms with E-state index >= 15 is 0 Å². The third kappa shape index (κ3) is 5.80. The molecule has 0 aliphatic carbocycles. The van der Waals surface area contributed by atoms with Crippen LogP contribution in [-0.4, -0.2) is 30.6 Å². The summed E-state index contributed by atoms with van der Waals surface area (Å²) in [5.74, 6) is 0.445. The molecule has 0 heterocycles. The molecule has 0 saturated carbocycles. The van der Waals surface area contributed by atoms with Gasteiger partial charge in [0.1, 0.15) is 12.4 Å². The van der Waals surface area contributed by atoms with Crippen molar-refractivity contribution in [2.24, 2.45) is 0 Å². The maximum atomic E-state index is 11.8. The summed E-state index contributed by atoms with van der Waals surface area (Å²) in [6.07, 6.45) is 0. The van der Waals surface area contributed by atoms with Crippen molar-refractivity contribution < 1.29 is 19.2 Å². The van der Waals surface area contributed by atoms with E-state index in [2.05, 4.69) is 5.32 Å². The van der Waals surface area contributed by atoms with Crippen LogP contribution in [0.25, 0.3) is 0 Å². The van der Waals surface area contributed by atoms with Gasteiger partial charge in [-0.15, -0.1) is 0 Å². The highest BCUT2D eigenvalue weighted by atomic mass is 16.6. The van der Waals surface area contributed by atoms with Crippen molar-refractivity contribution in [1.29, 1.82) is 0 Å². The minimum atomic E-state index is -0.539. The Labute approximate surface area is 145 Å². The summed E-state index contributed by atoms with van der Waals surface area (Å²) in [7, 11) is 0. The van der Waals surface area contributed by atoms with Gasteiger partial charge in [-0.05, 0) is 43.2 Å². The summed E-state index contributed by atoms with van der Waals surface area (Å²) in [6, 6.07) is 12.1. The van der Waals surface area contributed by atoms with Crippen LogP contribution in [0.1, 0.15) is 11.1 Å². The zero-order chi connectivity index (χ0) is 18.2. The third-order valence-corrected chi connectivity index (χ3v) is 3.35. The molecule has 0 aliphatic heterocycles. The first-order valence-electron chi connectivity index (χ1n) is 7.79. The van der Waals surface area contributed by atoms with Crippen molar-refractivity contribution in [2.45, 2.75) is 13.8 Å². The number of rotatable bonds is 8. The molecule has 0 aromatic heterocycles. The van der Waals surface area contributed by atoms with E-state index in [0.717, 1.165) is 16.9 Å². The molecule has 25 heavy (non-hydrogen) atoms. The first kappa shape index (κ1) is 18.3. The molecule has 7 heteroatoms. The van der Waals surface area contributed by atoms with Crippen molar-refractivity contribution in [2.75, 3.05) is 19.8 Å². The fraction of sp³-hybridized carbons (Fsp3) is 0.278. The lowest BCUT2D eigenvalue weighted by Gasteiger charge is -2.10. The molecule has 0 aliphatic rings. The fourth-order valence-corrected chi connectivity index (χ4v) is 2.15. The van der Waals surface area contributed by atoms with Crippen LogP contribution in [0.2, 0.25) is 0 Å². The minimum absolute atomic E-state index is 0.0798. The molecule has 2 aromatic rings. The molecule has 0 fully saturated rings. The minimum Gasteiger partial charge on any atom is -0.492 e. The molecule has 0 spiro atoms. The van der Waals surface area contributed by atoms with Crippen molar-refractivity contribution >= 4 is 11.6 Å². The normalized spacial score (nSPS) is 10.2. The lowest BCUT2D eigenvalue weighted by Crippen LogP contribution is -2.32. The number of hydrogen-bond acceptors (Lipinski definition) is 5. The van der Waals surface area contributed by atoms with Crippen LogP contribution in [-0.2, 0) is 4.79 Å². The van der Waals surface area contributed by atoms with E-state index in [1.807, 2.05) is 31.2 Å². The van der Waals surface area contributed by atoms with Crippen LogP contribution < -0.4 is 14.8 Å². The molecule has 1 N–H and O–H groups in total. The maximum absolute atomic E-state index is 11.8. The largest absolute Gasteiger partial charge is 0.492 e. The van der Waals surface area contributed by atoms with E-state index in [9.17, 15) is 14.9 Å². The SMILES string of the molecule is Cc1cccc(OCCNC(=O)COc2cc(C)ccc2[N+](=O)[O-])c1. The smallest absolute Gasteiger partial charge is 0.310 e. The number of aryl methyl sites for hydroxylation is 2. The number of hydrogen-bond donors (Lipinski definition) is 1. The van der Waals surface area contributed by atoms with Crippen LogP contribution in [0.3, 0.4) is 0 Å². The molecule has 0 saturated heterocycles. The van der Waals surface area contributed by atoms with Gasteiger partial charge in [-0.3, -0.25) is 14.9 Å². The summed E-state index contributed by atoms with van der Waals surface area (Å²) >= 11 is 0. The van der Waals surface area contributed by atoms with Gasteiger partial charge in [-0.2, -0.15) is 0 Å². The second-order valence-electron chi connectivity index (χ2n) is 5.53. The molecule has 2 aromatic carbocycles. The molecule has 0 atom stereocenters. The van der Waals surface area contributed by atoms with Crippen molar-refractivity contribution in [3.8, 4) is 11.5 Å². The first-order chi connectivity index (χ1) is 12.0. The van der Waals surface area contributed by atoms with Crippen LogP contribution in [0.5, 0.6) is 11.5 Å². The van der Waals surface area contributed by atoms with Gasteiger partial charge in [0.2, 0.25) is 0 Å². The number of nitro benzene ring substituents is 1. The van der Waals surface area contributed by atoms with Gasteiger partial charge < -0.3 is 14.8 Å². The highest BCUT2D eigenvalue weighted by molar-refractivity contribution is 5.77. The monoisotopic (exact) mass is 344 g/mol. The number of nitrogens with one attached hydrogen (secondary N) is 1. The molecule has 2 rings (SSSR count). The number of benzene rings is 2. The Kier molecular flexibility index (Phi) is 6.33. The summed E-state index contributed by atoms with van der Waals surface area (Å²) in [5.41, 5.74) is 1.74. The van der Waals surface area contributed by atoms with Crippen LogP contribution >= 0.6 is 0 Å². The molecule has 0 bridgehead atoms. The Balaban J connectivity index is 1.76. The van der Waals surface area contributed by atoms with Gasteiger partial charge >= 0.3 is 5.69 Å². The predicted octanol–water partition coefficient (Wildman–Crippen LogP) is 2.79. The molecular formula is C18H20N2O5. The standard InChI is InChI=1S/C18H20N2O5/c1-13-4-3-5-15(10-13)24-9-8-19-18(21)12-25-17-11-14(2)6-7-16(17)20(22)23/h3-7,10-11H,8-9,12H2,1-2H3,(H,19,21). The van der Waals surface area contributed by atoms with Crippen LogP contribution in [0.15, 0.2) is 42.5 Å². The van der Waals surface area contributed by atoms with E-state index in [1.54, 1.807) is 13.0 Å². The number of ether oxygens (including phenoxy) is 2. The lowest BCUT2D eigenvalue weighted by molar-refractivity contribution is -0.385. The lowest BCUT2D eigenvalue weighted by atomic mass is 10.2. The van der Waals surface area contributed by atoms with Gasteiger partial charge in [-0.1, -0.05) is 18.2 Å². The van der Waals surface area contributed by atoms with E-state index in [1.165, 1.54) is 12.1 Å². The van der Waals surface area contributed by atoms with E-state index in [4.69, 9.17) is 9.47 Å². The average Bonchev–Trinajstić information content (AvgIpc) is 2.57. The Bertz CT molecular complexity index is 761. The number of nitro groups is 1. The molecule has 1 amide bonds. The molecule has 132 valence electrons. The Morgan fingerprint density at radius 2 is 1.88 bits per heavy atom. The summed E-state index contributed by atoms with van der Waals surface area (Å²) < 4.78 is 10.8. The second kappa shape index (κ2) is 8.68. The third-order valence-electron chi connectivity index (χ3n) is 3.35. The van der Waals surface area contributed by atoms with Gasteiger partial charge in [0.15, 0.2) is 12.4 Å². The van der Waals surface area contributed by atoms with Gasteiger partial charge in [0.25, 0.3) is 5.91 Å². The fourth-order valence-electron chi connectivity index (χ4n) is 2.15. The molecular weight excluding hydrogens is 324 g/mol. The van der Waals surface area contributed by atoms with Gasteiger partial charge in [0.05, 0.1) is 11.5 Å². The highest BCUT2D eigenvalue weighted by Gasteiger charge is 2.15. The summed E-state index contributed by atoms with van der Waals surface area (Å²) in [4.78, 5) is 22.2. The Morgan fingerprint density at radius 3 is 2.60 bits per heavy atom. The predicted molar refractivity (Wildman–Crippen MR) is 93.0 cm³/mol. The average molecular weight is 344 g/mol. The second-order valence-corrected chi connectivity index (χ2v) is 5.53. The topological polar surface area (TPSA) is 90.7 Å². The van der Waals surface area contributed by atoms with Crippen molar-refractivity contribution in [3.63, 3.8) is 0 Å². The van der Waals surface area contributed by atoms with Crippen molar-refractivity contribution in [3.05, 3.63) is 63.7 Å². The summed E-state index contributed by atoms with van der Waals surface area (Å²) in [5, 5.41) is 13.6. The quantitative estimate of drug-likeness (QED) is 0.452. The zero-order valence-corrected chi connectivity index (χ0v) is 14.2. The van der Waals surface area contributed by atoms with E-state index < -0.39 is 4.92 Å². The maximum Gasteiger partial charge on any atom is 0.310 e. The number of carbonyl (C=O) groups excluding carboxylic acids is 1. The molecule has 7 nitrogen and oxygen atoms in total. The Hall–Kier alpha value is -3.09.